The Morgan fingerprint density at radius 1 is 1.24 bits per heavy atom. The lowest BCUT2D eigenvalue weighted by Gasteiger charge is -2.02. The molecule has 0 atom stereocenters. The molecule has 102 valence electrons. The van der Waals surface area contributed by atoms with E-state index in [2.05, 4.69) is 10.1 Å². The lowest BCUT2D eigenvalue weighted by Crippen LogP contribution is -2.14. The molecular formula is C15H9FN4O. The Balaban J connectivity index is 2.13. The van der Waals surface area contributed by atoms with Crippen molar-refractivity contribution in [2.45, 2.75) is 0 Å². The van der Waals surface area contributed by atoms with Crippen molar-refractivity contribution in [2.24, 2.45) is 0 Å². The molecule has 0 bridgehead atoms. The average molecular weight is 280 g/mol. The summed E-state index contributed by atoms with van der Waals surface area (Å²) in [5.74, 6) is -0.147. The van der Waals surface area contributed by atoms with Gasteiger partial charge in [-0.25, -0.2) is 14.1 Å². The van der Waals surface area contributed by atoms with Crippen molar-refractivity contribution in [3.63, 3.8) is 0 Å². The van der Waals surface area contributed by atoms with E-state index in [0.717, 1.165) is 0 Å². The van der Waals surface area contributed by atoms with E-state index in [1.165, 1.54) is 35.1 Å². The van der Waals surface area contributed by atoms with Gasteiger partial charge in [-0.2, -0.15) is 5.26 Å². The van der Waals surface area contributed by atoms with Gasteiger partial charge in [0.15, 0.2) is 5.82 Å². The minimum atomic E-state index is -0.426. The van der Waals surface area contributed by atoms with Crippen LogP contribution in [0.5, 0.6) is 0 Å². The number of nitrogens with zero attached hydrogens (tertiary/aromatic N) is 3. The number of nitrogens with one attached hydrogen (secondary N) is 1. The molecule has 21 heavy (non-hydrogen) atoms. The van der Waals surface area contributed by atoms with Crippen molar-refractivity contribution in [3.8, 4) is 23.1 Å². The van der Waals surface area contributed by atoms with E-state index in [1.54, 1.807) is 18.2 Å². The topological polar surface area (TPSA) is 74.5 Å². The molecule has 6 heteroatoms. The Bertz CT molecular complexity index is 904. The summed E-state index contributed by atoms with van der Waals surface area (Å²) in [4.78, 5) is 16.0. The summed E-state index contributed by atoms with van der Waals surface area (Å²) in [6.07, 6.45) is 1.43. The second kappa shape index (κ2) is 5.06. The van der Waals surface area contributed by atoms with Gasteiger partial charge in [0.25, 0.3) is 5.56 Å². The summed E-state index contributed by atoms with van der Waals surface area (Å²) in [5.41, 5.74) is 0.650. The fraction of sp³-hybridized carbons (Fsp3) is 0. The number of halogens is 1. The van der Waals surface area contributed by atoms with Crippen LogP contribution in [0.3, 0.4) is 0 Å². The minimum Gasteiger partial charge on any atom is -0.289 e. The summed E-state index contributed by atoms with van der Waals surface area (Å²) in [5, 5.41) is 11.7. The van der Waals surface area contributed by atoms with Crippen molar-refractivity contribution in [1.29, 1.82) is 5.26 Å². The number of nitriles is 1. The van der Waals surface area contributed by atoms with Gasteiger partial charge in [-0.15, -0.1) is 0 Å². The smallest absolute Gasteiger partial charge is 0.273 e. The SMILES string of the molecule is N#Cc1ccnc(-n2[nH]c(-c3ccccc3F)cc2=O)c1. The molecule has 0 saturated carbocycles. The Morgan fingerprint density at radius 2 is 2.05 bits per heavy atom. The normalized spacial score (nSPS) is 10.3. The maximum absolute atomic E-state index is 13.7. The summed E-state index contributed by atoms with van der Waals surface area (Å²) < 4.78 is 14.9. The third-order valence-corrected chi connectivity index (χ3v) is 2.99. The van der Waals surface area contributed by atoms with E-state index in [1.807, 2.05) is 6.07 Å². The second-order valence-corrected chi connectivity index (χ2v) is 4.34. The van der Waals surface area contributed by atoms with Gasteiger partial charge in [0.2, 0.25) is 0 Å². The molecule has 2 aromatic heterocycles. The Morgan fingerprint density at radius 3 is 2.81 bits per heavy atom. The molecule has 1 N–H and O–H groups in total. The number of hydrogen-bond donors (Lipinski definition) is 1. The number of hydrogen-bond acceptors (Lipinski definition) is 3. The van der Waals surface area contributed by atoms with Gasteiger partial charge < -0.3 is 0 Å². The third kappa shape index (κ3) is 2.32. The molecule has 0 aliphatic carbocycles. The van der Waals surface area contributed by atoms with Gasteiger partial charge in [-0.1, -0.05) is 12.1 Å². The van der Waals surface area contributed by atoms with E-state index in [-0.39, 0.29) is 11.4 Å². The van der Waals surface area contributed by atoms with Crippen LogP contribution in [0.2, 0.25) is 0 Å². The molecule has 2 heterocycles. The Labute approximate surface area is 118 Å². The third-order valence-electron chi connectivity index (χ3n) is 2.99. The van der Waals surface area contributed by atoms with Crippen molar-refractivity contribution >= 4 is 0 Å². The zero-order valence-electron chi connectivity index (χ0n) is 10.7. The summed E-state index contributed by atoms with van der Waals surface area (Å²) >= 11 is 0. The first-order chi connectivity index (χ1) is 10.2. The van der Waals surface area contributed by atoms with Gasteiger partial charge in [-0.3, -0.25) is 9.89 Å². The zero-order chi connectivity index (χ0) is 14.8. The lowest BCUT2D eigenvalue weighted by atomic mass is 10.1. The number of rotatable bonds is 2. The first-order valence-electron chi connectivity index (χ1n) is 6.12. The maximum atomic E-state index is 13.7. The molecule has 0 aliphatic heterocycles. The van der Waals surface area contributed by atoms with Gasteiger partial charge >= 0.3 is 0 Å². The highest BCUT2D eigenvalue weighted by atomic mass is 19.1. The van der Waals surface area contributed by atoms with Gasteiger partial charge in [0.05, 0.1) is 17.3 Å². The highest BCUT2D eigenvalue weighted by Crippen LogP contribution is 2.19. The quantitative estimate of drug-likeness (QED) is 0.782. The first kappa shape index (κ1) is 12.8. The molecule has 0 aliphatic rings. The van der Waals surface area contributed by atoms with Crippen LogP contribution in [0.4, 0.5) is 4.39 Å². The van der Waals surface area contributed by atoms with Gasteiger partial charge in [0.1, 0.15) is 5.82 Å². The summed E-state index contributed by atoms with van der Waals surface area (Å²) in [7, 11) is 0. The number of aromatic nitrogens is 3. The fourth-order valence-electron chi connectivity index (χ4n) is 1.99. The van der Waals surface area contributed by atoms with E-state index >= 15 is 0 Å². The Hall–Kier alpha value is -3.20. The highest BCUT2D eigenvalue weighted by Gasteiger charge is 2.11. The molecular weight excluding hydrogens is 271 g/mol. The highest BCUT2D eigenvalue weighted by molar-refractivity contribution is 5.59. The zero-order valence-corrected chi connectivity index (χ0v) is 10.7. The van der Waals surface area contributed by atoms with Crippen LogP contribution in [-0.2, 0) is 0 Å². The van der Waals surface area contributed by atoms with Crippen molar-refractivity contribution in [3.05, 3.63) is 70.4 Å². The number of H-pyrrole nitrogens is 1. The second-order valence-electron chi connectivity index (χ2n) is 4.34. The molecule has 0 spiro atoms. The number of pyridine rings is 1. The molecule has 0 unspecified atom stereocenters. The predicted octanol–water partition coefficient (Wildman–Crippen LogP) is 2.24. The molecule has 0 fully saturated rings. The van der Waals surface area contributed by atoms with E-state index in [4.69, 9.17) is 5.26 Å². The maximum Gasteiger partial charge on any atom is 0.273 e. The number of aromatic amines is 1. The van der Waals surface area contributed by atoms with Crippen LogP contribution in [0, 0.1) is 17.1 Å². The molecule has 3 aromatic rings. The monoisotopic (exact) mass is 280 g/mol. The molecule has 3 rings (SSSR count). The summed E-state index contributed by atoms with van der Waals surface area (Å²) in [6, 6.07) is 12.4. The van der Waals surface area contributed by atoms with E-state index < -0.39 is 5.82 Å². The van der Waals surface area contributed by atoms with Crippen LogP contribution in [-0.4, -0.2) is 14.8 Å². The fourth-order valence-corrected chi connectivity index (χ4v) is 1.99. The first-order valence-corrected chi connectivity index (χ1v) is 6.12. The van der Waals surface area contributed by atoms with Crippen LogP contribution >= 0.6 is 0 Å². The molecule has 0 radical (unpaired) electrons. The summed E-state index contributed by atoms with van der Waals surface area (Å²) in [6.45, 7) is 0. The predicted molar refractivity (Wildman–Crippen MR) is 74.3 cm³/mol. The van der Waals surface area contributed by atoms with Crippen molar-refractivity contribution in [1.82, 2.24) is 14.8 Å². The van der Waals surface area contributed by atoms with Crippen LogP contribution < -0.4 is 5.56 Å². The van der Waals surface area contributed by atoms with Crippen molar-refractivity contribution < 1.29 is 4.39 Å². The largest absolute Gasteiger partial charge is 0.289 e. The molecule has 0 amide bonds. The molecule has 5 nitrogen and oxygen atoms in total. The Kier molecular flexibility index (Phi) is 3.09. The van der Waals surface area contributed by atoms with Gasteiger partial charge in [-0.05, 0) is 18.2 Å². The lowest BCUT2D eigenvalue weighted by molar-refractivity contribution is 0.630. The van der Waals surface area contributed by atoms with Crippen LogP contribution in [0.1, 0.15) is 5.56 Å². The van der Waals surface area contributed by atoms with E-state index in [0.29, 0.717) is 16.8 Å². The molecule has 0 saturated heterocycles. The standard InChI is InChI=1S/C15H9FN4O/c16-12-4-2-1-3-11(12)13-8-15(21)20(19-13)14-7-10(9-17)5-6-18-14/h1-8,19H. The number of benzene rings is 1. The van der Waals surface area contributed by atoms with Crippen molar-refractivity contribution in [2.75, 3.05) is 0 Å². The van der Waals surface area contributed by atoms with Crippen LogP contribution in [0.15, 0.2) is 53.5 Å². The average Bonchev–Trinajstić information content (AvgIpc) is 2.89. The minimum absolute atomic E-state index is 0.279. The van der Waals surface area contributed by atoms with Gasteiger partial charge in [0, 0.05) is 23.9 Å². The molecule has 1 aromatic carbocycles. The van der Waals surface area contributed by atoms with E-state index in [9.17, 15) is 9.18 Å². The van der Waals surface area contributed by atoms with Crippen LogP contribution in [0.25, 0.3) is 17.1 Å².